The van der Waals surface area contributed by atoms with Crippen LogP contribution < -0.4 is 11.0 Å². The quantitative estimate of drug-likeness (QED) is 0.474. The Labute approximate surface area is 192 Å². The Morgan fingerprint density at radius 2 is 1.55 bits per heavy atom. The lowest BCUT2D eigenvalue weighted by atomic mass is 10.0. The third-order valence-electron chi connectivity index (χ3n) is 6.67. The summed E-state index contributed by atoms with van der Waals surface area (Å²) in [4.78, 5) is 30.5. The second-order valence-electron chi connectivity index (χ2n) is 8.69. The average molecular weight is 441 g/mol. The molecule has 1 fully saturated rings. The minimum atomic E-state index is -0.237. The molecule has 1 aliphatic rings. The number of rotatable bonds is 5. The molecular formula is C27H28N4O2. The number of benzene rings is 3. The maximum atomic E-state index is 12.9. The molecule has 1 saturated heterocycles. The molecule has 1 amide bonds. The third-order valence-corrected chi connectivity index (χ3v) is 6.67. The van der Waals surface area contributed by atoms with Crippen LogP contribution in [0.4, 0.5) is 5.69 Å². The summed E-state index contributed by atoms with van der Waals surface area (Å²) in [6.45, 7) is 3.50. The number of amides is 1. The number of aromatic amines is 1. The molecule has 1 unspecified atom stereocenters. The number of anilines is 1. The number of hydrogen-bond donors (Lipinski definition) is 2. The molecule has 0 spiro atoms. The minimum absolute atomic E-state index is 0.00910. The first-order valence-electron chi connectivity index (χ1n) is 11.5. The lowest BCUT2D eigenvalue weighted by Gasteiger charge is -2.35. The van der Waals surface area contributed by atoms with Crippen LogP contribution in [-0.4, -0.2) is 39.5 Å². The number of imidazole rings is 1. The fourth-order valence-corrected chi connectivity index (χ4v) is 4.76. The molecule has 0 aliphatic carbocycles. The van der Waals surface area contributed by atoms with Gasteiger partial charge in [0, 0.05) is 24.8 Å². The molecule has 6 heteroatoms. The van der Waals surface area contributed by atoms with E-state index in [1.54, 1.807) is 0 Å². The van der Waals surface area contributed by atoms with Crippen LogP contribution in [0.25, 0.3) is 22.2 Å². The van der Waals surface area contributed by atoms with E-state index in [1.807, 2.05) is 78.2 Å². The number of carbonyl (C=O) groups is 1. The molecule has 3 aromatic carbocycles. The molecule has 6 nitrogen and oxygen atoms in total. The van der Waals surface area contributed by atoms with E-state index in [4.69, 9.17) is 0 Å². The summed E-state index contributed by atoms with van der Waals surface area (Å²) in [5.74, 6) is -0.00910. The molecular weight excluding hydrogens is 412 g/mol. The SMILES string of the molecule is CC(C(=O)Nc1ccc(-c2ccccc2)cc1)N1CCC(n2c(=O)[nH]c3ccccc32)CC1. The number of fused-ring (bicyclic) bond motifs is 1. The van der Waals surface area contributed by atoms with Crippen molar-refractivity contribution in [2.75, 3.05) is 18.4 Å². The first-order chi connectivity index (χ1) is 16.1. The zero-order chi connectivity index (χ0) is 22.8. The van der Waals surface area contributed by atoms with E-state index in [9.17, 15) is 9.59 Å². The second-order valence-corrected chi connectivity index (χ2v) is 8.69. The summed E-state index contributed by atoms with van der Waals surface area (Å²) in [6.07, 6.45) is 1.68. The van der Waals surface area contributed by atoms with Crippen molar-refractivity contribution in [2.45, 2.75) is 31.8 Å². The van der Waals surface area contributed by atoms with Gasteiger partial charge in [0.1, 0.15) is 0 Å². The van der Waals surface area contributed by atoms with Gasteiger partial charge in [0.15, 0.2) is 0 Å². The summed E-state index contributed by atoms with van der Waals surface area (Å²) in [6, 6.07) is 25.8. The predicted molar refractivity (Wildman–Crippen MR) is 132 cm³/mol. The van der Waals surface area contributed by atoms with Crippen LogP contribution >= 0.6 is 0 Å². The van der Waals surface area contributed by atoms with Crippen molar-refractivity contribution < 1.29 is 4.79 Å². The zero-order valence-electron chi connectivity index (χ0n) is 18.7. The minimum Gasteiger partial charge on any atom is -0.325 e. The summed E-state index contributed by atoms with van der Waals surface area (Å²) < 4.78 is 1.88. The van der Waals surface area contributed by atoms with Crippen LogP contribution in [0.5, 0.6) is 0 Å². The number of para-hydroxylation sites is 2. The number of aromatic nitrogens is 2. The van der Waals surface area contributed by atoms with Crippen molar-refractivity contribution in [1.82, 2.24) is 14.5 Å². The van der Waals surface area contributed by atoms with Gasteiger partial charge in [0.05, 0.1) is 17.1 Å². The molecule has 5 rings (SSSR count). The molecule has 0 radical (unpaired) electrons. The monoisotopic (exact) mass is 440 g/mol. The number of hydrogen-bond acceptors (Lipinski definition) is 3. The van der Waals surface area contributed by atoms with E-state index in [0.717, 1.165) is 53.8 Å². The van der Waals surface area contributed by atoms with Gasteiger partial charge in [-0.25, -0.2) is 4.79 Å². The molecule has 1 atom stereocenters. The molecule has 0 bridgehead atoms. The maximum absolute atomic E-state index is 12.9. The molecule has 1 aromatic heterocycles. The van der Waals surface area contributed by atoms with Crippen molar-refractivity contribution in [3.05, 3.63) is 89.3 Å². The van der Waals surface area contributed by atoms with Gasteiger partial charge in [-0.1, -0.05) is 54.6 Å². The summed E-state index contributed by atoms with van der Waals surface area (Å²) in [5, 5.41) is 3.05. The van der Waals surface area contributed by atoms with E-state index in [1.165, 1.54) is 0 Å². The van der Waals surface area contributed by atoms with Crippen LogP contribution in [-0.2, 0) is 4.79 Å². The second kappa shape index (κ2) is 9.08. The van der Waals surface area contributed by atoms with Crippen molar-refractivity contribution in [3.8, 4) is 11.1 Å². The van der Waals surface area contributed by atoms with E-state index >= 15 is 0 Å². The van der Waals surface area contributed by atoms with Gasteiger partial charge in [-0.15, -0.1) is 0 Å². The van der Waals surface area contributed by atoms with E-state index in [2.05, 4.69) is 27.3 Å². The highest BCUT2D eigenvalue weighted by Gasteiger charge is 2.28. The van der Waals surface area contributed by atoms with Crippen molar-refractivity contribution >= 4 is 22.6 Å². The van der Waals surface area contributed by atoms with Crippen LogP contribution in [0.2, 0.25) is 0 Å². The Bertz CT molecular complexity index is 1300. The fourth-order valence-electron chi connectivity index (χ4n) is 4.76. The summed E-state index contributed by atoms with van der Waals surface area (Å²) in [7, 11) is 0. The van der Waals surface area contributed by atoms with Gasteiger partial charge in [0.25, 0.3) is 0 Å². The molecule has 2 N–H and O–H groups in total. The van der Waals surface area contributed by atoms with Crippen LogP contribution in [0.3, 0.4) is 0 Å². The normalized spacial score (nSPS) is 16.0. The number of likely N-dealkylation sites (tertiary alicyclic amines) is 1. The first-order valence-corrected chi connectivity index (χ1v) is 11.5. The topological polar surface area (TPSA) is 70.1 Å². The van der Waals surface area contributed by atoms with Gasteiger partial charge >= 0.3 is 5.69 Å². The zero-order valence-corrected chi connectivity index (χ0v) is 18.7. The van der Waals surface area contributed by atoms with Crippen molar-refractivity contribution in [2.24, 2.45) is 0 Å². The largest absolute Gasteiger partial charge is 0.326 e. The van der Waals surface area contributed by atoms with Crippen molar-refractivity contribution in [1.29, 1.82) is 0 Å². The highest BCUT2D eigenvalue weighted by molar-refractivity contribution is 5.94. The average Bonchev–Trinajstić information content (AvgIpc) is 3.20. The van der Waals surface area contributed by atoms with Crippen LogP contribution in [0, 0.1) is 0 Å². The molecule has 2 heterocycles. The number of nitrogens with one attached hydrogen (secondary N) is 2. The molecule has 168 valence electrons. The van der Waals surface area contributed by atoms with E-state index in [-0.39, 0.29) is 23.7 Å². The lowest BCUT2D eigenvalue weighted by Crippen LogP contribution is -2.46. The number of piperidine rings is 1. The van der Waals surface area contributed by atoms with E-state index < -0.39 is 0 Å². The van der Waals surface area contributed by atoms with Gasteiger partial charge in [-0.3, -0.25) is 14.3 Å². The maximum Gasteiger partial charge on any atom is 0.326 e. The van der Waals surface area contributed by atoms with Gasteiger partial charge < -0.3 is 10.3 Å². The Morgan fingerprint density at radius 1 is 0.909 bits per heavy atom. The Kier molecular flexibility index (Phi) is 5.84. The van der Waals surface area contributed by atoms with Gasteiger partial charge in [0.2, 0.25) is 5.91 Å². The number of carbonyl (C=O) groups excluding carboxylic acids is 1. The lowest BCUT2D eigenvalue weighted by molar-refractivity contribution is -0.121. The van der Waals surface area contributed by atoms with Crippen LogP contribution in [0.1, 0.15) is 25.8 Å². The van der Waals surface area contributed by atoms with Crippen LogP contribution in [0.15, 0.2) is 83.7 Å². The Morgan fingerprint density at radius 3 is 2.27 bits per heavy atom. The van der Waals surface area contributed by atoms with Crippen molar-refractivity contribution in [3.63, 3.8) is 0 Å². The number of nitrogens with zero attached hydrogens (tertiary/aromatic N) is 2. The first kappa shape index (κ1) is 21.2. The molecule has 33 heavy (non-hydrogen) atoms. The highest BCUT2D eigenvalue weighted by Crippen LogP contribution is 2.26. The smallest absolute Gasteiger partial charge is 0.325 e. The Hall–Kier alpha value is -3.64. The third kappa shape index (κ3) is 4.34. The standard InChI is InChI=1S/C27H28N4O2/c1-19(26(32)28-22-13-11-21(12-14-22)20-7-3-2-4-8-20)30-17-15-23(16-18-30)31-25-10-6-5-9-24(25)29-27(31)33/h2-14,19,23H,15-18H2,1H3,(H,28,32)(H,29,33). The van der Waals surface area contributed by atoms with Gasteiger partial charge in [-0.2, -0.15) is 0 Å². The number of H-pyrrole nitrogens is 1. The van der Waals surface area contributed by atoms with E-state index in [0.29, 0.717) is 0 Å². The van der Waals surface area contributed by atoms with Gasteiger partial charge in [-0.05, 0) is 55.2 Å². The molecule has 0 saturated carbocycles. The summed E-state index contributed by atoms with van der Waals surface area (Å²) in [5.41, 5.74) is 4.84. The molecule has 1 aliphatic heterocycles. The highest BCUT2D eigenvalue weighted by atomic mass is 16.2. The molecule has 4 aromatic rings. The predicted octanol–water partition coefficient (Wildman–Crippen LogP) is 4.66. The summed E-state index contributed by atoms with van der Waals surface area (Å²) >= 11 is 0. The fraction of sp³-hybridized carbons (Fsp3) is 0.259. The Balaban J connectivity index is 1.20.